The normalized spacial score (nSPS) is 14.8. The lowest BCUT2D eigenvalue weighted by molar-refractivity contribution is -0.122. The van der Waals surface area contributed by atoms with Crippen LogP contribution in [-0.2, 0) is 9.59 Å². The van der Waals surface area contributed by atoms with E-state index in [2.05, 4.69) is 34.5 Å². The lowest BCUT2D eigenvalue weighted by Gasteiger charge is -2.26. The minimum atomic E-state index is -1.15. The first-order valence-electron chi connectivity index (χ1n) is 9.71. The summed E-state index contributed by atoms with van der Waals surface area (Å²) in [6.45, 7) is 6.08. The molecule has 0 aromatic heterocycles. The molecule has 0 bridgehead atoms. The number of carbonyl (C=O) groups excluding carboxylic acids is 3. The fourth-order valence-electron chi connectivity index (χ4n) is 3.03. The van der Waals surface area contributed by atoms with E-state index in [0.29, 0.717) is 27.2 Å². The first kappa shape index (κ1) is 24.0. The van der Waals surface area contributed by atoms with Crippen LogP contribution in [0.4, 0.5) is 10.5 Å². The lowest BCUT2D eigenvalue weighted by Crippen LogP contribution is -2.54. The number of barbiturate groups is 1. The summed E-state index contributed by atoms with van der Waals surface area (Å²) >= 11 is 2.05. The quantitative estimate of drug-likeness (QED) is 0.218. The molecule has 1 heterocycles. The van der Waals surface area contributed by atoms with Gasteiger partial charge >= 0.3 is 12.0 Å². The molecule has 0 saturated carbocycles. The van der Waals surface area contributed by atoms with Crippen molar-refractivity contribution in [1.29, 1.82) is 0 Å². The predicted octanol–water partition coefficient (Wildman–Crippen LogP) is 3.62. The van der Waals surface area contributed by atoms with Crippen LogP contribution in [0.1, 0.15) is 22.8 Å². The van der Waals surface area contributed by atoms with Crippen LogP contribution in [0.25, 0.3) is 6.08 Å². The third kappa shape index (κ3) is 5.22. The number of halogens is 1. The van der Waals surface area contributed by atoms with E-state index in [1.54, 1.807) is 18.2 Å². The van der Waals surface area contributed by atoms with Crippen molar-refractivity contribution in [2.45, 2.75) is 6.92 Å². The molecule has 2 N–H and O–H groups in total. The fraction of sp³-hybridized carbons (Fsp3) is 0.130. The predicted molar refractivity (Wildman–Crippen MR) is 128 cm³/mol. The Kier molecular flexibility index (Phi) is 7.48. The molecule has 1 fully saturated rings. The Morgan fingerprint density at radius 2 is 1.88 bits per heavy atom. The van der Waals surface area contributed by atoms with Gasteiger partial charge in [0.05, 0.1) is 21.4 Å². The molecule has 1 aliphatic rings. The van der Waals surface area contributed by atoms with E-state index in [1.165, 1.54) is 30.3 Å². The van der Waals surface area contributed by atoms with Crippen molar-refractivity contribution in [3.63, 3.8) is 0 Å². The molecule has 170 valence electrons. The van der Waals surface area contributed by atoms with Crippen LogP contribution in [0, 0.1) is 3.57 Å². The highest BCUT2D eigenvalue weighted by atomic mass is 127. The van der Waals surface area contributed by atoms with Crippen molar-refractivity contribution in [2.75, 3.05) is 18.1 Å². The van der Waals surface area contributed by atoms with Crippen LogP contribution in [0.3, 0.4) is 0 Å². The number of nitrogens with zero attached hydrogens (tertiary/aromatic N) is 1. The lowest BCUT2D eigenvalue weighted by atomic mass is 10.1. The number of carboxylic acids is 1. The summed E-state index contributed by atoms with van der Waals surface area (Å²) in [5.74, 6) is -1.89. The highest BCUT2D eigenvalue weighted by Crippen LogP contribution is 2.35. The number of hydrogen-bond acceptors (Lipinski definition) is 6. The Balaban J connectivity index is 2.00. The molecule has 0 spiro atoms. The summed E-state index contributed by atoms with van der Waals surface area (Å²) in [7, 11) is 0. The number of benzene rings is 2. The maximum atomic E-state index is 13.1. The van der Waals surface area contributed by atoms with E-state index in [-0.39, 0.29) is 23.4 Å². The summed E-state index contributed by atoms with van der Waals surface area (Å²) in [4.78, 5) is 49.7. The van der Waals surface area contributed by atoms with Gasteiger partial charge in [-0.25, -0.2) is 14.5 Å². The minimum absolute atomic E-state index is 0.00718. The smallest absolute Gasteiger partial charge is 0.335 e. The summed E-state index contributed by atoms with van der Waals surface area (Å²) in [5, 5.41) is 11.2. The third-order valence-corrected chi connectivity index (χ3v) is 5.26. The van der Waals surface area contributed by atoms with Gasteiger partial charge in [-0.1, -0.05) is 12.7 Å². The zero-order chi connectivity index (χ0) is 24.1. The Bertz CT molecular complexity index is 1170. The molecule has 10 heteroatoms. The van der Waals surface area contributed by atoms with Gasteiger partial charge in [-0.3, -0.25) is 14.9 Å². The molecule has 33 heavy (non-hydrogen) atoms. The van der Waals surface area contributed by atoms with Gasteiger partial charge in [0.25, 0.3) is 11.8 Å². The second-order valence-electron chi connectivity index (χ2n) is 6.67. The molecule has 0 radical (unpaired) electrons. The van der Waals surface area contributed by atoms with E-state index in [0.717, 1.165) is 4.90 Å². The molecule has 4 amide bonds. The number of anilines is 1. The molecule has 1 saturated heterocycles. The molecular formula is C23H19IN2O7. The van der Waals surface area contributed by atoms with Crippen molar-refractivity contribution in [3.8, 4) is 11.5 Å². The molecule has 0 unspecified atom stereocenters. The van der Waals surface area contributed by atoms with Gasteiger partial charge in [-0.05, 0) is 77.6 Å². The average Bonchev–Trinajstić information content (AvgIpc) is 2.76. The van der Waals surface area contributed by atoms with Crippen LogP contribution >= 0.6 is 22.6 Å². The summed E-state index contributed by atoms with van der Waals surface area (Å²) in [6.07, 6.45) is 2.95. The van der Waals surface area contributed by atoms with Crippen LogP contribution in [0.2, 0.25) is 0 Å². The Morgan fingerprint density at radius 3 is 2.48 bits per heavy atom. The van der Waals surface area contributed by atoms with E-state index in [9.17, 15) is 19.2 Å². The van der Waals surface area contributed by atoms with Crippen LogP contribution in [-0.4, -0.2) is 42.1 Å². The van der Waals surface area contributed by atoms with Crippen molar-refractivity contribution < 1.29 is 33.8 Å². The van der Waals surface area contributed by atoms with Gasteiger partial charge < -0.3 is 14.6 Å². The van der Waals surface area contributed by atoms with E-state index in [1.807, 2.05) is 6.92 Å². The van der Waals surface area contributed by atoms with E-state index < -0.39 is 23.8 Å². The van der Waals surface area contributed by atoms with Crippen molar-refractivity contribution >= 4 is 58.2 Å². The number of nitrogens with one attached hydrogen (secondary N) is 1. The summed E-state index contributed by atoms with van der Waals surface area (Å²) in [6, 6.07) is 7.56. The van der Waals surface area contributed by atoms with Crippen molar-refractivity contribution in [1.82, 2.24) is 5.32 Å². The number of hydrogen-bond donors (Lipinski definition) is 2. The highest BCUT2D eigenvalue weighted by molar-refractivity contribution is 14.1. The molecule has 9 nitrogen and oxygen atoms in total. The maximum Gasteiger partial charge on any atom is 0.335 e. The largest absolute Gasteiger partial charge is 0.490 e. The number of imide groups is 2. The number of rotatable bonds is 8. The molecule has 1 aliphatic heterocycles. The second kappa shape index (κ2) is 10.3. The fourth-order valence-corrected chi connectivity index (χ4v) is 3.81. The van der Waals surface area contributed by atoms with Gasteiger partial charge in [-0.2, -0.15) is 0 Å². The van der Waals surface area contributed by atoms with Gasteiger partial charge in [0, 0.05) is 0 Å². The van der Waals surface area contributed by atoms with E-state index in [4.69, 9.17) is 14.6 Å². The molecule has 0 aliphatic carbocycles. The number of ether oxygens (including phenoxy) is 2. The molecule has 0 atom stereocenters. The van der Waals surface area contributed by atoms with Crippen LogP contribution < -0.4 is 19.7 Å². The van der Waals surface area contributed by atoms with Gasteiger partial charge in [0.2, 0.25) is 0 Å². The Hall–Kier alpha value is -3.67. The zero-order valence-electron chi connectivity index (χ0n) is 17.5. The third-order valence-electron chi connectivity index (χ3n) is 4.46. The highest BCUT2D eigenvalue weighted by Gasteiger charge is 2.37. The number of aromatic carboxylic acids is 1. The molecule has 2 aromatic rings. The maximum absolute atomic E-state index is 13.1. The average molecular weight is 562 g/mol. The zero-order valence-corrected chi connectivity index (χ0v) is 19.6. The van der Waals surface area contributed by atoms with Gasteiger partial charge in [-0.15, -0.1) is 0 Å². The van der Waals surface area contributed by atoms with Crippen LogP contribution in [0.5, 0.6) is 11.5 Å². The van der Waals surface area contributed by atoms with Crippen molar-refractivity contribution in [2.24, 2.45) is 0 Å². The Labute approximate surface area is 202 Å². The molecule has 2 aromatic carbocycles. The monoisotopic (exact) mass is 562 g/mol. The first-order valence-corrected chi connectivity index (χ1v) is 10.8. The summed E-state index contributed by atoms with van der Waals surface area (Å²) < 4.78 is 12.0. The summed E-state index contributed by atoms with van der Waals surface area (Å²) in [5.41, 5.74) is 0.337. The number of carbonyl (C=O) groups is 4. The van der Waals surface area contributed by atoms with Crippen molar-refractivity contribution in [3.05, 3.63) is 69.3 Å². The number of amides is 4. The SMILES string of the molecule is C=CCOc1c(I)cc(/C=C2\C(=O)NC(=O)N(c3ccc(C(=O)O)cc3)C2=O)cc1OCC. The minimum Gasteiger partial charge on any atom is -0.490 e. The van der Waals surface area contributed by atoms with E-state index >= 15 is 0 Å². The topological polar surface area (TPSA) is 122 Å². The molecule has 3 rings (SSSR count). The van der Waals surface area contributed by atoms with Gasteiger partial charge in [0.1, 0.15) is 12.2 Å². The number of carboxylic acid groups (broad SMARTS) is 1. The molecular weight excluding hydrogens is 543 g/mol. The number of urea groups is 1. The Morgan fingerprint density at radius 1 is 1.18 bits per heavy atom. The standard InChI is InChI=1S/C23H19IN2O7/c1-3-9-33-19-17(24)11-13(12-18(19)32-4-2)10-16-20(27)25-23(31)26(21(16)28)15-7-5-14(6-8-15)22(29)30/h3,5-8,10-12H,1,4,9H2,2H3,(H,29,30)(H,25,27,31)/b16-10+. The second-order valence-corrected chi connectivity index (χ2v) is 7.83. The van der Waals surface area contributed by atoms with Gasteiger partial charge in [0.15, 0.2) is 11.5 Å². The first-order chi connectivity index (χ1) is 15.8. The van der Waals surface area contributed by atoms with Crippen LogP contribution in [0.15, 0.2) is 54.6 Å².